The van der Waals surface area contributed by atoms with Gasteiger partial charge >= 0.3 is 12.1 Å². The third kappa shape index (κ3) is 12.7. The molecule has 1 aliphatic heterocycles. The minimum atomic E-state index is -0.550. The van der Waals surface area contributed by atoms with Gasteiger partial charge in [0.2, 0.25) is 6.23 Å². The van der Waals surface area contributed by atoms with Gasteiger partial charge in [-0.1, -0.05) is 70.8 Å². The minimum absolute atomic E-state index is 0.113. The molecule has 0 saturated heterocycles. The standard InChI is InChI=1S/C34H58N3O6S/c1-6-7-8-15-24-40-31-30(35-44-36-31)28-21-18-23-37(5,26-28)32(27-19-17-20-27)42-33(39)41-25-16-13-11-9-10-12-14-22-29(38)43-34(2,3)4/h21,27,32H,6-20,22-26H2,1-5H3/q+1. The SMILES string of the molecule is CCCCCCOc1nsnc1C1=CCC[N+](C)(C(OC(=O)OCCCCCCCCCC(=O)OC(C)(C)C)C2CCC2)C1. The van der Waals surface area contributed by atoms with Crippen LogP contribution in [0.15, 0.2) is 6.08 Å². The number of unbranched alkanes of at least 4 members (excludes halogenated alkanes) is 9. The van der Waals surface area contributed by atoms with E-state index in [4.69, 9.17) is 18.9 Å². The van der Waals surface area contributed by atoms with E-state index in [9.17, 15) is 9.59 Å². The Labute approximate surface area is 270 Å². The maximum absolute atomic E-state index is 12.8. The Hall–Kier alpha value is -2.20. The van der Waals surface area contributed by atoms with E-state index in [0.29, 0.717) is 35.9 Å². The van der Waals surface area contributed by atoms with Crippen molar-refractivity contribution in [3.05, 3.63) is 11.8 Å². The van der Waals surface area contributed by atoms with Crippen LogP contribution in [0.5, 0.6) is 5.88 Å². The maximum atomic E-state index is 12.8. The van der Waals surface area contributed by atoms with Crippen molar-refractivity contribution in [2.75, 3.05) is 33.4 Å². The lowest BCUT2D eigenvalue weighted by Gasteiger charge is -2.47. The molecule has 0 aromatic carbocycles. The van der Waals surface area contributed by atoms with Crippen LogP contribution in [0.1, 0.15) is 136 Å². The maximum Gasteiger partial charge on any atom is 0.512 e. The van der Waals surface area contributed by atoms with Gasteiger partial charge in [-0.05, 0) is 52.9 Å². The van der Waals surface area contributed by atoms with Crippen LogP contribution in [-0.4, -0.2) is 70.5 Å². The highest BCUT2D eigenvalue weighted by Crippen LogP contribution is 2.39. The second kappa shape index (κ2) is 18.7. The molecule has 0 amide bonds. The topological polar surface area (TPSA) is 96.8 Å². The van der Waals surface area contributed by atoms with Crippen molar-refractivity contribution < 1.29 is 33.0 Å². The Morgan fingerprint density at radius 1 is 0.977 bits per heavy atom. The third-order valence-corrected chi connectivity index (χ3v) is 9.12. The van der Waals surface area contributed by atoms with Gasteiger partial charge in [-0.2, -0.15) is 4.37 Å². The summed E-state index contributed by atoms with van der Waals surface area (Å²) < 4.78 is 32.7. The number of carbonyl (C=O) groups is 2. The van der Waals surface area contributed by atoms with Crippen LogP contribution in [0.4, 0.5) is 4.79 Å². The average molecular weight is 637 g/mol. The highest BCUT2D eigenvalue weighted by atomic mass is 32.1. The second-order valence-electron chi connectivity index (χ2n) is 13.8. The fourth-order valence-corrected chi connectivity index (χ4v) is 6.55. The van der Waals surface area contributed by atoms with Gasteiger partial charge in [0.15, 0.2) is 0 Å². The summed E-state index contributed by atoms with van der Waals surface area (Å²) in [6, 6.07) is 0. The van der Waals surface area contributed by atoms with Crippen LogP contribution in [-0.2, 0) is 19.0 Å². The van der Waals surface area contributed by atoms with Crippen molar-refractivity contribution in [2.24, 2.45) is 5.92 Å². The van der Waals surface area contributed by atoms with Crippen molar-refractivity contribution in [1.29, 1.82) is 0 Å². The summed E-state index contributed by atoms with van der Waals surface area (Å²) in [5, 5.41) is 0. The molecule has 1 fully saturated rings. The zero-order valence-electron chi connectivity index (χ0n) is 28.1. The number of carbonyl (C=O) groups excluding carboxylic acids is 2. The molecular weight excluding hydrogens is 578 g/mol. The van der Waals surface area contributed by atoms with E-state index < -0.39 is 11.8 Å². The number of hydrogen-bond donors (Lipinski definition) is 0. The Kier molecular flexibility index (Phi) is 15.4. The number of likely N-dealkylation sites (N-methyl/N-ethyl adjacent to an activating group) is 1. The summed E-state index contributed by atoms with van der Waals surface area (Å²) in [6.07, 6.45) is 17.8. The van der Waals surface area contributed by atoms with E-state index in [1.165, 1.54) is 31.0 Å². The fourth-order valence-electron chi connectivity index (χ4n) is 6.02. The lowest BCUT2D eigenvalue weighted by molar-refractivity contribution is -0.952. The molecule has 0 bridgehead atoms. The van der Waals surface area contributed by atoms with Crippen LogP contribution in [0.2, 0.25) is 0 Å². The molecule has 2 unspecified atom stereocenters. The molecule has 2 aliphatic rings. The zero-order chi connectivity index (χ0) is 31.8. The van der Waals surface area contributed by atoms with Crippen molar-refractivity contribution in [3.63, 3.8) is 0 Å². The Morgan fingerprint density at radius 2 is 1.66 bits per heavy atom. The Morgan fingerprint density at radius 3 is 2.34 bits per heavy atom. The van der Waals surface area contributed by atoms with Gasteiger partial charge in [-0.3, -0.25) is 9.28 Å². The average Bonchev–Trinajstić information content (AvgIpc) is 3.40. The predicted molar refractivity (Wildman–Crippen MR) is 174 cm³/mol. The number of nitrogens with zero attached hydrogens (tertiary/aromatic N) is 3. The number of esters is 1. The summed E-state index contributed by atoms with van der Waals surface area (Å²) in [5.41, 5.74) is 1.55. The number of hydrogen-bond acceptors (Lipinski definition) is 9. The highest BCUT2D eigenvalue weighted by molar-refractivity contribution is 6.99. The molecule has 0 spiro atoms. The van der Waals surface area contributed by atoms with E-state index in [1.54, 1.807) is 0 Å². The van der Waals surface area contributed by atoms with E-state index in [2.05, 4.69) is 28.8 Å². The molecule has 2 atom stereocenters. The van der Waals surface area contributed by atoms with Crippen molar-refractivity contribution >= 4 is 29.4 Å². The molecular formula is C34H58N3O6S+. The normalized spacial score (nSPS) is 19.5. The molecule has 3 rings (SSSR count). The lowest BCUT2D eigenvalue weighted by atomic mass is 9.82. The van der Waals surface area contributed by atoms with Gasteiger partial charge in [0.1, 0.15) is 17.8 Å². The van der Waals surface area contributed by atoms with E-state index in [0.717, 1.165) is 101 Å². The summed E-state index contributed by atoms with van der Waals surface area (Å²) in [4.78, 5) is 24.6. The number of quaternary nitrogens is 1. The van der Waals surface area contributed by atoms with Crippen molar-refractivity contribution in [1.82, 2.24) is 8.75 Å². The first kappa shape index (κ1) is 36.3. The van der Waals surface area contributed by atoms with Crippen LogP contribution in [0.25, 0.3) is 5.57 Å². The van der Waals surface area contributed by atoms with Gasteiger partial charge in [-0.15, -0.1) is 4.37 Å². The number of ether oxygens (including phenoxy) is 4. The minimum Gasteiger partial charge on any atom is -0.475 e. The molecule has 2 heterocycles. The number of rotatable bonds is 20. The third-order valence-electron chi connectivity index (χ3n) is 8.61. The first-order chi connectivity index (χ1) is 21.1. The molecule has 44 heavy (non-hydrogen) atoms. The largest absolute Gasteiger partial charge is 0.512 e. The van der Waals surface area contributed by atoms with Gasteiger partial charge in [0.25, 0.3) is 5.88 Å². The summed E-state index contributed by atoms with van der Waals surface area (Å²) in [5.74, 6) is 0.871. The van der Waals surface area contributed by atoms with Crippen LogP contribution in [0.3, 0.4) is 0 Å². The molecule has 250 valence electrons. The van der Waals surface area contributed by atoms with Crippen molar-refractivity contribution in [2.45, 2.75) is 142 Å². The molecule has 10 heteroatoms. The first-order valence-electron chi connectivity index (χ1n) is 17.2. The zero-order valence-corrected chi connectivity index (χ0v) is 28.9. The van der Waals surface area contributed by atoms with E-state index >= 15 is 0 Å². The molecule has 0 N–H and O–H groups in total. The van der Waals surface area contributed by atoms with E-state index in [-0.39, 0.29) is 12.2 Å². The summed E-state index contributed by atoms with van der Waals surface area (Å²) in [6.45, 7) is 10.6. The smallest absolute Gasteiger partial charge is 0.475 e. The lowest BCUT2D eigenvalue weighted by Crippen LogP contribution is -2.60. The highest BCUT2D eigenvalue weighted by Gasteiger charge is 2.46. The van der Waals surface area contributed by atoms with Crippen LogP contribution >= 0.6 is 11.7 Å². The molecule has 1 aliphatic carbocycles. The molecule has 1 saturated carbocycles. The summed E-state index contributed by atoms with van der Waals surface area (Å²) in [7, 11) is 2.20. The first-order valence-corrected chi connectivity index (χ1v) is 17.9. The van der Waals surface area contributed by atoms with Gasteiger partial charge in [-0.25, -0.2) is 4.79 Å². The van der Waals surface area contributed by atoms with Crippen molar-refractivity contribution in [3.8, 4) is 5.88 Å². The van der Waals surface area contributed by atoms with Gasteiger partial charge in [0, 0.05) is 24.3 Å². The van der Waals surface area contributed by atoms with E-state index in [1.807, 2.05) is 20.8 Å². The van der Waals surface area contributed by atoms with Crippen LogP contribution < -0.4 is 4.74 Å². The molecule has 9 nitrogen and oxygen atoms in total. The van der Waals surface area contributed by atoms with Gasteiger partial charge < -0.3 is 18.9 Å². The molecule has 0 radical (unpaired) electrons. The Bertz CT molecular complexity index is 1030. The monoisotopic (exact) mass is 636 g/mol. The van der Waals surface area contributed by atoms with Gasteiger partial charge in [0.05, 0.1) is 38.5 Å². The summed E-state index contributed by atoms with van der Waals surface area (Å²) >= 11 is 1.20. The molecule has 1 aromatic rings. The predicted octanol–water partition coefficient (Wildman–Crippen LogP) is 8.47. The molecule has 1 aromatic heterocycles. The number of aromatic nitrogens is 2. The quantitative estimate of drug-likeness (QED) is 0.0799. The van der Waals surface area contributed by atoms with Crippen LogP contribution in [0, 0.1) is 5.92 Å². The second-order valence-corrected chi connectivity index (χ2v) is 14.3. The Balaban J connectivity index is 1.37. The fraction of sp³-hybridized carbons (Fsp3) is 0.824.